The minimum atomic E-state index is 0. The Morgan fingerprint density at radius 1 is 0.714 bits per heavy atom. The van der Waals surface area contributed by atoms with Gasteiger partial charge in [0.1, 0.15) is 0 Å². The molecule has 0 N–H and O–H groups in total. The molecule has 0 aromatic heterocycles. The summed E-state index contributed by atoms with van der Waals surface area (Å²) in [4.78, 5) is 0. The monoisotopic (exact) mass is 542 g/mol. The minimum absolute atomic E-state index is 0. The van der Waals surface area contributed by atoms with E-state index in [0.29, 0.717) is 6.61 Å². The molecule has 1 rings (SSSR count). The summed E-state index contributed by atoms with van der Waals surface area (Å²) < 4.78 is 4.87. The van der Waals surface area contributed by atoms with Crippen LogP contribution in [0.3, 0.4) is 0 Å². The number of rotatable bonds is 9. The average Bonchev–Trinajstić information content (AvgIpc) is 2.68. The van der Waals surface area contributed by atoms with Gasteiger partial charge in [-0.05, 0) is 25.3 Å². The number of ether oxygens (including phenoxy) is 1. The van der Waals surface area contributed by atoms with E-state index in [4.69, 9.17) is 4.74 Å². The molecule has 0 fully saturated rings. The topological polar surface area (TPSA) is 9.23 Å². The second kappa shape index (κ2) is 38.9. The summed E-state index contributed by atoms with van der Waals surface area (Å²) in [7, 11) is 0. The number of aryl methyl sites for hydroxylation is 2. The van der Waals surface area contributed by atoms with Crippen molar-refractivity contribution in [2.45, 2.75) is 99.3 Å². The van der Waals surface area contributed by atoms with Gasteiger partial charge >= 0.3 is 0 Å². The van der Waals surface area contributed by atoms with E-state index in [2.05, 4.69) is 79.7 Å². The summed E-state index contributed by atoms with van der Waals surface area (Å²) in [5, 5.41) is 0. The maximum atomic E-state index is 4.87. The maximum Gasteiger partial charge on any atom is 0.0427 e. The summed E-state index contributed by atoms with van der Waals surface area (Å²) in [5.74, 6) is 0. The first kappa shape index (κ1) is 39.8. The Morgan fingerprint density at radius 2 is 1.25 bits per heavy atom. The van der Waals surface area contributed by atoms with E-state index in [1.807, 2.05) is 0 Å². The molecule has 0 unspecified atom stereocenters. The Hall–Kier alpha value is 1.39. The summed E-state index contributed by atoms with van der Waals surface area (Å²) in [6.45, 7) is 21.7. The minimum Gasteiger partial charge on any atom is -0.413 e. The van der Waals surface area contributed by atoms with Crippen molar-refractivity contribution in [2.75, 3.05) is 13.2 Å². The third-order valence-electron chi connectivity index (χ3n) is 3.51. The number of hydrogen-bond donors (Lipinski definition) is 0. The van der Waals surface area contributed by atoms with Gasteiger partial charge < -0.3 is 18.6 Å². The molecule has 0 aliphatic rings. The summed E-state index contributed by atoms with van der Waals surface area (Å²) >= 11 is 0. The Balaban J connectivity index is -0.0000000870. The molecule has 0 aliphatic heterocycles. The largest absolute Gasteiger partial charge is 0.413 e. The van der Waals surface area contributed by atoms with Crippen LogP contribution in [0.4, 0.5) is 0 Å². The average molecular weight is 542 g/mol. The van der Waals surface area contributed by atoms with Gasteiger partial charge in [0.2, 0.25) is 0 Å². The second-order valence-corrected chi connectivity index (χ2v) is 6.41. The van der Waals surface area contributed by atoms with Crippen LogP contribution in [0.2, 0.25) is 0 Å². The quantitative estimate of drug-likeness (QED) is 0.225. The fourth-order valence-electron chi connectivity index (χ4n) is 1.72. The van der Waals surface area contributed by atoms with E-state index in [9.17, 15) is 0 Å². The second-order valence-electron chi connectivity index (χ2n) is 6.41. The van der Waals surface area contributed by atoms with Gasteiger partial charge in [-0.2, -0.15) is 6.42 Å². The molecule has 0 heterocycles. The zero-order valence-corrected chi connectivity index (χ0v) is 25.7. The van der Waals surface area contributed by atoms with Gasteiger partial charge in [0.15, 0.2) is 0 Å². The summed E-state index contributed by atoms with van der Waals surface area (Å²) in [5.41, 5.74) is 2.80. The summed E-state index contributed by atoms with van der Waals surface area (Å²) in [6, 6.07) is 8.76. The van der Waals surface area contributed by atoms with Crippen LogP contribution in [0.1, 0.15) is 97.1 Å². The standard InChI is InChI=1S/C10H14.C6H13.C5H11O.C4H10.2Y/c1-3-4-10-7-5-9(2)6-8-10;2*1-3-5-6-4-2;1-3-4-2;;/h5-8H,3-4H2,1-2H3;1,3-6H2,2H3;2-5H2,1H3;3-4H2,1-2H3;;/q;2*-1;;;. The molecule has 0 saturated heterocycles. The predicted octanol–water partition coefficient (Wildman–Crippen LogP) is 8.40. The fourth-order valence-corrected chi connectivity index (χ4v) is 1.72. The van der Waals surface area contributed by atoms with Crippen LogP contribution in [0.25, 0.3) is 0 Å². The Morgan fingerprint density at radius 3 is 1.50 bits per heavy atom. The van der Waals surface area contributed by atoms with Gasteiger partial charge in [-0.3, -0.25) is 0 Å². The molecular formula is C25H48OY2-2. The molecule has 1 aromatic rings. The van der Waals surface area contributed by atoms with Crippen molar-refractivity contribution in [3.8, 4) is 0 Å². The smallest absolute Gasteiger partial charge is 0.0427 e. The molecule has 0 atom stereocenters. The van der Waals surface area contributed by atoms with E-state index in [1.165, 1.54) is 56.1 Å². The molecule has 0 bridgehead atoms. The van der Waals surface area contributed by atoms with Crippen LogP contribution >= 0.6 is 0 Å². The first-order valence-electron chi connectivity index (χ1n) is 10.8. The van der Waals surface area contributed by atoms with Crippen molar-refractivity contribution >= 4 is 0 Å². The van der Waals surface area contributed by atoms with Crippen molar-refractivity contribution in [1.29, 1.82) is 0 Å². The summed E-state index contributed by atoms with van der Waals surface area (Å²) in [6.07, 6.45) is 11.3. The van der Waals surface area contributed by atoms with Crippen LogP contribution in [0.5, 0.6) is 0 Å². The Labute approximate surface area is 229 Å². The molecule has 1 nitrogen and oxygen atoms in total. The van der Waals surface area contributed by atoms with Crippen molar-refractivity contribution in [2.24, 2.45) is 0 Å². The van der Waals surface area contributed by atoms with E-state index in [1.54, 1.807) is 0 Å². The Bertz CT molecular complexity index is 308. The van der Waals surface area contributed by atoms with Gasteiger partial charge in [-0.1, -0.05) is 110 Å². The molecular weight excluding hydrogens is 494 g/mol. The maximum absolute atomic E-state index is 4.87. The fraction of sp³-hybridized carbons (Fsp3) is 0.680. The molecule has 2 radical (unpaired) electrons. The van der Waals surface area contributed by atoms with Gasteiger partial charge in [0.05, 0.1) is 0 Å². The first-order valence-corrected chi connectivity index (χ1v) is 10.8. The normalized spacial score (nSPS) is 8.43. The third-order valence-corrected chi connectivity index (χ3v) is 3.51. The van der Waals surface area contributed by atoms with Crippen molar-refractivity contribution in [3.63, 3.8) is 0 Å². The Kier molecular flexibility index (Phi) is 55.4. The number of unbranched alkanes of at least 4 members (excludes halogenated alkanes) is 4. The van der Waals surface area contributed by atoms with Crippen LogP contribution in [0.15, 0.2) is 24.3 Å². The molecule has 3 heteroatoms. The first-order chi connectivity index (χ1) is 12.6. The van der Waals surface area contributed by atoms with Gasteiger partial charge in [-0.15, -0.1) is 0 Å². The van der Waals surface area contributed by atoms with E-state index in [0.717, 1.165) is 19.4 Å². The van der Waals surface area contributed by atoms with Crippen molar-refractivity contribution < 1.29 is 70.2 Å². The van der Waals surface area contributed by atoms with Gasteiger partial charge in [-0.25, -0.2) is 0 Å². The molecule has 0 saturated carbocycles. The number of benzene rings is 1. The van der Waals surface area contributed by atoms with Gasteiger partial charge in [0.25, 0.3) is 0 Å². The molecule has 1 aromatic carbocycles. The predicted molar refractivity (Wildman–Crippen MR) is 122 cm³/mol. The zero-order valence-electron chi connectivity index (χ0n) is 20.1. The van der Waals surface area contributed by atoms with E-state index in [-0.39, 0.29) is 65.4 Å². The van der Waals surface area contributed by atoms with Crippen LogP contribution in [0, 0.1) is 20.8 Å². The van der Waals surface area contributed by atoms with Crippen LogP contribution in [-0.4, -0.2) is 13.2 Å². The molecule has 0 amide bonds. The molecule has 162 valence electrons. The van der Waals surface area contributed by atoms with E-state index >= 15 is 0 Å². The van der Waals surface area contributed by atoms with Crippen LogP contribution < -0.4 is 0 Å². The van der Waals surface area contributed by atoms with Gasteiger partial charge in [0, 0.05) is 72.0 Å². The van der Waals surface area contributed by atoms with Crippen molar-refractivity contribution in [3.05, 3.63) is 49.2 Å². The number of hydrogen-bond acceptors (Lipinski definition) is 1. The van der Waals surface area contributed by atoms with Crippen molar-refractivity contribution in [1.82, 2.24) is 0 Å². The SMILES string of the molecule is CCCC.CCCc1ccc(C)cc1.[CH2-]CCCCC.[CH2-]COCCC.[Y].[Y]. The zero-order chi connectivity index (χ0) is 20.5. The third kappa shape index (κ3) is 41.7. The molecule has 0 spiro atoms. The molecule has 28 heavy (non-hydrogen) atoms. The van der Waals surface area contributed by atoms with E-state index < -0.39 is 0 Å². The van der Waals surface area contributed by atoms with Crippen LogP contribution in [-0.2, 0) is 76.6 Å². The molecule has 0 aliphatic carbocycles.